The van der Waals surface area contributed by atoms with Crippen LogP contribution in [0.3, 0.4) is 0 Å². The molecule has 2 N–H and O–H groups in total. The van der Waals surface area contributed by atoms with Gasteiger partial charge in [-0.1, -0.05) is 18.2 Å². The van der Waals surface area contributed by atoms with Crippen LogP contribution in [0.4, 0.5) is 5.82 Å². The van der Waals surface area contributed by atoms with Gasteiger partial charge in [0, 0.05) is 25.2 Å². The molecule has 1 heterocycles. The van der Waals surface area contributed by atoms with Gasteiger partial charge in [-0.15, -0.1) is 0 Å². The Balaban J connectivity index is 2.19. The maximum Gasteiger partial charge on any atom is 0.328 e. The lowest BCUT2D eigenvalue weighted by molar-refractivity contribution is -0.131. The number of hydrogen-bond acceptors (Lipinski definition) is 5. The van der Waals surface area contributed by atoms with E-state index in [0.29, 0.717) is 0 Å². The van der Waals surface area contributed by atoms with E-state index in [9.17, 15) is 4.79 Å². The normalized spacial score (nSPS) is 10.9. The van der Waals surface area contributed by atoms with Gasteiger partial charge in [0.15, 0.2) is 0 Å². The van der Waals surface area contributed by atoms with Crippen LogP contribution in [0.15, 0.2) is 42.7 Å². The van der Waals surface area contributed by atoms with Crippen molar-refractivity contribution in [2.75, 3.05) is 32.1 Å². The molecular formula is C18H22N4O2. The fourth-order valence-electron chi connectivity index (χ4n) is 2.26. The number of carboxylic acid groups (broad SMARTS) is 1. The van der Waals surface area contributed by atoms with Crippen molar-refractivity contribution >= 4 is 17.9 Å². The summed E-state index contributed by atoms with van der Waals surface area (Å²) in [6, 6.07) is 7.56. The van der Waals surface area contributed by atoms with Crippen LogP contribution >= 0.6 is 0 Å². The average Bonchev–Trinajstić information content (AvgIpc) is 2.60. The highest BCUT2D eigenvalue weighted by atomic mass is 16.4. The molecule has 0 aliphatic carbocycles. The van der Waals surface area contributed by atoms with E-state index in [2.05, 4.69) is 20.2 Å². The van der Waals surface area contributed by atoms with Crippen molar-refractivity contribution < 1.29 is 9.90 Å². The number of aliphatic carboxylic acids is 1. The number of anilines is 1. The zero-order valence-corrected chi connectivity index (χ0v) is 13.9. The van der Waals surface area contributed by atoms with Gasteiger partial charge >= 0.3 is 5.97 Å². The van der Waals surface area contributed by atoms with E-state index in [1.54, 1.807) is 18.5 Å². The van der Waals surface area contributed by atoms with Gasteiger partial charge in [-0.05, 0) is 37.7 Å². The van der Waals surface area contributed by atoms with E-state index < -0.39 is 5.97 Å². The molecule has 2 rings (SSSR count). The van der Waals surface area contributed by atoms with E-state index in [1.165, 1.54) is 0 Å². The van der Waals surface area contributed by atoms with Crippen molar-refractivity contribution in [3.05, 3.63) is 48.3 Å². The first kappa shape index (κ1) is 17.6. The number of hydrogen-bond donors (Lipinski definition) is 2. The zero-order chi connectivity index (χ0) is 17.4. The molecule has 2 aromatic rings. The van der Waals surface area contributed by atoms with Crippen molar-refractivity contribution in [3.8, 4) is 11.3 Å². The minimum Gasteiger partial charge on any atom is -0.478 e. The summed E-state index contributed by atoms with van der Waals surface area (Å²) < 4.78 is 0. The number of nitrogens with one attached hydrogen (secondary N) is 1. The molecule has 0 fully saturated rings. The van der Waals surface area contributed by atoms with Gasteiger partial charge in [0.05, 0.1) is 18.1 Å². The minimum absolute atomic E-state index is 0.763. The van der Waals surface area contributed by atoms with E-state index in [1.807, 2.05) is 38.4 Å². The molecule has 0 unspecified atom stereocenters. The van der Waals surface area contributed by atoms with Crippen LogP contribution in [-0.2, 0) is 4.79 Å². The first-order valence-electron chi connectivity index (χ1n) is 7.79. The molecule has 0 bridgehead atoms. The van der Waals surface area contributed by atoms with E-state index in [0.717, 1.165) is 48.2 Å². The standard InChI is InChI=1S/C18H22N4O2/c1-19-9-4-10-22(2)17-13-20-12-16(21-17)15-6-3-5-14(11-15)7-8-18(23)24/h3,5-8,11-13,19H,4,9-10H2,1-2H3,(H,23,24). The third-order valence-corrected chi connectivity index (χ3v) is 3.53. The molecule has 0 atom stereocenters. The predicted octanol–water partition coefficient (Wildman–Crippen LogP) is 2.29. The molecule has 0 radical (unpaired) electrons. The van der Waals surface area contributed by atoms with Crippen molar-refractivity contribution in [2.45, 2.75) is 6.42 Å². The Bertz CT molecular complexity index is 716. The molecule has 1 aromatic carbocycles. The molecule has 126 valence electrons. The van der Waals surface area contributed by atoms with Crippen molar-refractivity contribution in [2.24, 2.45) is 0 Å². The number of aromatic nitrogens is 2. The average molecular weight is 326 g/mol. The van der Waals surface area contributed by atoms with E-state index in [4.69, 9.17) is 5.11 Å². The quantitative estimate of drug-likeness (QED) is 0.572. The first-order valence-corrected chi connectivity index (χ1v) is 7.79. The molecule has 24 heavy (non-hydrogen) atoms. The zero-order valence-electron chi connectivity index (χ0n) is 13.9. The third-order valence-electron chi connectivity index (χ3n) is 3.53. The number of carbonyl (C=O) groups is 1. The van der Waals surface area contributed by atoms with Crippen molar-refractivity contribution in [3.63, 3.8) is 0 Å². The summed E-state index contributed by atoms with van der Waals surface area (Å²) in [5.41, 5.74) is 2.48. The Labute approximate surface area is 141 Å². The molecular weight excluding hydrogens is 304 g/mol. The monoisotopic (exact) mass is 326 g/mol. The van der Waals surface area contributed by atoms with Gasteiger partial charge in [-0.2, -0.15) is 0 Å². The summed E-state index contributed by atoms with van der Waals surface area (Å²) in [5, 5.41) is 11.9. The number of carboxylic acids is 1. The van der Waals surface area contributed by atoms with Gasteiger partial charge in [0.1, 0.15) is 5.82 Å². The van der Waals surface area contributed by atoms with Crippen molar-refractivity contribution in [1.29, 1.82) is 0 Å². The van der Waals surface area contributed by atoms with Gasteiger partial charge in [0.2, 0.25) is 0 Å². The van der Waals surface area contributed by atoms with Gasteiger partial charge < -0.3 is 15.3 Å². The Morgan fingerprint density at radius 1 is 1.38 bits per heavy atom. The van der Waals surface area contributed by atoms with Crippen LogP contribution in [0.2, 0.25) is 0 Å². The lowest BCUT2D eigenvalue weighted by atomic mass is 10.1. The van der Waals surface area contributed by atoms with Crippen LogP contribution in [0.1, 0.15) is 12.0 Å². The van der Waals surface area contributed by atoms with Gasteiger partial charge in [0.25, 0.3) is 0 Å². The molecule has 6 heteroatoms. The largest absolute Gasteiger partial charge is 0.478 e. The predicted molar refractivity (Wildman–Crippen MR) is 96.0 cm³/mol. The van der Waals surface area contributed by atoms with Crippen LogP contribution in [0, 0.1) is 0 Å². The maximum atomic E-state index is 10.6. The first-order chi connectivity index (χ1) is 11.6. The number of rotatable bonds is 8. The summed E-state index contributed by atoms with van der Waals surface area (Å²) in [6.07, 6.45) is 7.17. The highest BCUT2D eigenvalue weighted by Crippen LogP contribution is 2.20. The summed E-state index contributed by atoms with van der Waals surface area (Å²) in [7, 11) is 3.93. The highest BCUT2D eigenvalue weighted by Gasteiger charge is 2.06. The summed E-state index contributed by atoms with van der Waals surface area (Å²) in [6.45, 7) is 1.84. The van der Waals surface area contributed by atoms with E-state index in [-0.39, 0.29) is 0 Å². The molecule has 0 spiro atoms. The second-order valence-electron chi connectivity index (χ2n) is 5.44. The SMILES string of the molecule is CNCCCN(C)c1cncc(-c2cccc(C=CC(=O)O)c2)n1. The lowest BCUT2D eigenvalue weighted by Crippen LogP contribution is -2.23. The molecule has 0 saturated heterocycles. The second kappa shape index (κ2) is 8.79. The summed E-state index contributed by atoms with van der Waals surface area (Å²) >= 11 is 0. The highest BCUT2D eigenvalue weighted by molar-refractivity contribution is 5.85. The van der Waals surface area contributed by atoms with E-state index >= 15 is 0 Å². The van der Waals surface area contributed by atoms with Gasteiger partial charge in [-0.25, -0.2) is 9.78 Å². The molecule has 0 aliphatic rings. The topological polar surface area (TPSA) is 78.4 Å². The van der Waals surface area contributed by atoms with Crippen LogP contribution < -0.4 is 10.2 Å². The Morgan fingerprint density at radius 2 is 2.21 bits per heavy atom. The molecule has 0 amide bonds. The van der Waals surface area contributed by atoms with Gasteiger partial charge in [-0.3, -0.25) is 4.98 Å². The number of benzene rings is 1. The second-order valence-corrected chi connectivity index (χ2v) is 5.44. The van der Waals surface area contributed by atoms with Crippen LogP contribution in [0.25, 0.3) is 17.3 Å². The fraction of sp³-hybridized carbons (Fsp3) is 0.278. The molecule has 0 saturated carbocycles. The smallest absolute Gasteiger partial charge is 0.328 e. The minimum atomic E-state index is -0.967. The summed E-state index contributed by atoms with van der Waals surface area (Å²) in [5.74, 6) is -0.152. The fourth-order valence-corrected chi connectivity index (χ4v) is 2.26. The molecule has 1 aromatic heterocycles. The van der Waals surface area contributed by atoms with Crippen LogP contribution in [-0.4, -0.2) is 48.2 Å². The Kier molecular flexibility index (Phi) is 6.45. The lowest BCUT2D eigenvalue weighted by Gasteiger charge is -2.18. The van der Waals surface area contributed by atoms with Crippen LogP contribution in [0.5, 0.6) is 0 Å². The molecule has 6 nitrogen and oxygen atoms in total. The Hall–Kier alpha value is -2.73. The summed E-state index contributed by atoms with van der Waals surface area (Å²) in [4.78, 5) is 21.7. The molecule has 0 aliphatic heterocycles. The number of nitrogens with zero attached hydrogens (tertiary/aromatic N) is 3. The Morgan fingerprint density at radius 3 is 2.96 bits per heavy atom. The van der Waals surface area contributed by atoms with Crippen molar-refractivity contribution in [1.82, 2.24) is 15.3 Å². The maximum absolute atomic E-state index is 10.6. The third kappa shape index (κ3) is 5.17.